The van der Waals surface area contributed by atoms with Gasteiger partial charge < -0.3 is 9.64 Å². The maximum atomic E-state index is 13.1. The second kappa shape index (κ2) is 9.10. The molecule has 2 heterocycles. The average molecular weight is 529 g/mol. The lowest BCUT2D eigenvalue weighted by atomic mass is 10.3. The Balaban J connectivity index is 1.83. The molecule has 15 heteroatoms. The summed E-state index contributed by atoms with van der Waals surface area (Å²) in [7, 11) is -4.12. The molecule has 1 aliphatic heterocycles. The molecule has 7 nitrogen and oxygen atoms in total. The Morgan fingerprint density at radius 3 is 2.44 bits per heavy atom. The molecule has 1 saturated heterocycles. The molecule has 0 radical (unpaired) electrons. The molecule has 2 aromatic rings. The van der Waals surface area contributed by atoms with Crippen molar-refractivity contribution in [3.63, 3.8) is 0 Å². The fourth-order valence-corrected chi connectivity index (χ4v) is 5.45. The molecule has 2 atom stereocenters. The monoisotopic (exact) mass is 528 g/mol. The lowest BCUT2D eigenvalue weighted by Crippen LogP contribution is -2.31. The van der Waals surface area contributed by atoms with E-state index in [1.807, 2.05) is 0 Å². The summed E-state index contributed by atoms with van der Waals surface area (Å²) in [6.07, 6.45) is -11.6. The van der Waals surface area contributed by atoms with Crippen LogP contribution in [0.4, 0.5) is 32.2 Å². The van der Waals surface area contributed by atoms with Gasteiger partial charge in [-0.1, -0.05) is 11.6 Å². The molecular weight excluding hydrogens is 514 g/mol. The SMILES string of the molecule is C[C@H](Oc1ccc(S(=O)(=O)C2CCN(c3cc(C(F)(F)F)nc(C#N)n3)C2)c(Cl)c1)C(F)(F)F. The highest BCUT2D eigenvalue weighted by Gasteiger charge is 2.40. The Bertz CT molecular complexity index is 1230. The molecule has 184 valence electrons. The standard InChI is InChI=1S/C19H15ClF6N4O3S/c1-10(18(21,22)23)33-11-2-3-14(13(20)6-11)34(31,32)12-4-5-30(9-12)17-7-15(19(24,25)26)28-16(8-27)29-17/h2-3,6-7,10,12H,4-5,9H2,1H3/t10-,12?/m0/s1. The molecule has 34 heavy (non-hydrogen) atoms. The van der Waals surface area contributed by atoms with Gasteiger partial charge in [-0.3, -0.25) is 0 Å². The number of rotatable bonds is 5. The Morgan fingerprint density at radius 2 is 1.88 bits per heavy atom. The highest BCUT2D eigenvalue weighted by Crippen LogP contribution is 2.35. The van der Waals surface area contributed by atoms with Gasteiger partial charge in [0.2, 0.25) is 5.82 Å². The van der Waals surface area contributed by atoms with Gasteiger partial charge in [0, 0.05) is 25.2 Å². The van der Waals surface area contributed by atoms with Gasteiger partial charge in [0.1, 0.15) is 17.6 Å². The zero-order valence-corrected chi connectivity index (χ0v) is 18.7. The summed E-state index contributed by atoms with van der Waals surface area (Å²) in [6, 6.07) is 5.06. The number of anilines is 1. The summed E-state index contributed by atoms with van der Waals surface area (Å²) in [4.78, 5) is 7.78. The summed E-state index contributed by atoms with van der Waals surface area (Å²) >= 11 is 6.02. The molecule has 1 unspecified atom stereocenters. The van der Waals surface area contributed by atoms with Crippen LogP contribution in [0.5, 0.6) is 5.75 Å². The second-order valence-electron chi connectivity index (χ2n) is 7.34. The van der Waals surface area contributed by atoms with E-state index in [1.165, 1.54) is 11.0 Å². The van der Waals surface area contributed by atoms with Crippen LogP contribution in [0.3, 0.4) is 0 Å². The molecular formula is C19H15ClF6N4O3S. The molecule has 0 saturated carbocycles. The lowest BCUT2D eigenvalue weighted by Gasteiger charge is -2.20. The molecule has 0 aliphatic carbocycles. The van der Waals surface area contributed by atoms with E-state index in [-0.39, 0.29) is 41.0 Å². The largest absolute Gasteiger partial charge is 0.481 e. The predicted octanol–water partition coefficient (Wildman–Crippen LogP) is 4.40. The maximum absolute atomic E-state index is 13.1. The highest BCUT2D eigenvalue weighted by molar-refractivity contribution is 7.92. The Labute approximate surface area is 194 Å². The van der Waals surface area contributed by atoms with Crippen LogP contribution in [0.2, 0.25) is 5.02 Å². The van der Waals surface area contributed by atoms with Gasteiger partial charge in [-0.25, -0.2) is 18.4 Å². The van der Waals surface area contributed by atoms with Gasteiger partial charge in [0.25, 0.3) is 0 Å². The van der Waals surface area contributed by atoms with Crippen molar-refractivity contribution in [1.29, 1.82) is 5.26 Å². The van der Waals surface area contributed by atoms with Gasteiger partial charge in [-0.15, -0.1) is 0 Å². The Hall–Kier alpha value is -2.79. The van der Waals surface area contributed by atoms with Crippen LogP contribution >= 0.6 is 11.6 Å². The number of nitrogens with zero attached hydrogens (tertiary/aromatic N) is 4. The van der Waals surface area contributed by atoms with E-state index in [1.54, 1.807) is 0 Å². The third-order valence-electron chi connectivity index (χ3n) is 4.99. The summed E-state index contributed by atoms with van der Waals surface area (Å²) in [6.45, 7) is 0.549. The second-order valence-corrected chi connectivity index (χ2v) is 9.94. The summed E-state index contributed by atoms with van der Waals surface area (Å²) in [5.74, 6) is -1.26. The third kappa shape index (κ3) is 5.47. The molecule has 0 spiro atoms. The molecule has 0 bridgehead atoms. The van der Waals surface area contributed by atoms with Crippen molar-refractivity contribution in [2.75, 3.05) is 18.0 Å². The molecule has 1 fully saturated rings. The predicted molar refractivity (Wildman–Crippen MR) is 107 cm³/mol. The van der Waals surface area contributed by atoms with Crippen LogP contribution in [0, 0.1) is 11.3 Å². The van der Waals surface area contributed by atoms with Crippen molar-refractivity contribution < 1.29 is 39.5 Å². The Kier molecular flexibility index (Phi) is 6.92. The van der Waals surface area contributed by atoms with E-state index < -0.39 is 45.1 Å². The molecule has 1 aliphatic rings. The quantitative estimate of drug-likeness (QED) is 0.531. The van der Waals surface area contributed by atoms with Crippen LogP contribution in [-0.2, 0) is 16.0 Å². The van der Waals surface area contributed by atoms with Crippen molar-refractivity contribution in [2.45, 2.75) is 41.9 Å². The first-order valence-electron chi connectivity index (χ1n) is 9.51. The van der Waals surface area contributed by atoms with Crippen LogP contribution in [-0.4, -0.2) is 49.0 Å². The lowest BCUT2D eigenvalue weighted by molar-refractivity contribution is -0.189. The smallest absolute Gasteiger partial charge is 0.433 e. The summed E-state index contributed by atoms with van der Waals surface area (Å²) < 4.78 is 108. The van der Waals surface area contributed by atoms with Gasteiger partial charge in [0.15, 0.2) is 21.6 Å². The number of halogens is 7. The number of sulfone groups is 1. The molecule has 1 aromatic carbocycles. The van der Waals surface area contributed by atoms with Crippen molar-refractivity contribution in [3.8, 4) is 11.8 Å². The number of benzene rings is 1. The van der Waals surface area contributed by atoms with Gasteiger partial charge in [-0.05, 0) is 25.5 Å². The third-order valence-corrected chi connectivity index (χ3v) is 7.65. The van der Waals surface area contributed by atoms with E-state index in [4.69, 9.17) is 21.6 Å². The van der Waals surface area contributed by atoms with E-state index in [2.05, 4.69) is 9.97 Å². The number of hydrogen-bond acceptors (Lipinski definition) is 7. The van der Waals surface area contributed by atoms with Crippen molar-refractivity contribution in [2.24, 2.45) is 0 Å². The number of ether oxygens (including phenoxy) is 1. The van der Waals surface area contributed by atoms with Gasteiger partial charge in [-0.2, -0.15) is 31.6 Å². The molecule has 0 N–H and O–H groups in total. The van der Waals surface area contributed by atoms with E-state index in [9.17, 15) is 34.8 Å². The van der Waals surface area contributed by atoms with Crippen LogP contribution < -0.4 is 9.64 Å². The summed E-state index contributed by atoms with van der Waals surface area (Å²) in [5.41, 5.74) is -1.34. The maximum Gasteiger partial charge on any atom is 0.433 e. The van der Waals surface area contributed by atoms with Crippen molar-refractivity contribution in [1.82, 2.24) is 9.97 Å². The normalized spacial score (nSPS) is 18.0. The minimum Gasteiger partial charge on any atom is -0.481 e. The highest BCUT2D eigenvalue weighted by atomic mass is 35.5. The zero-order valence-electron chi connectivity index (χ0n) is 17.2. The van der Waals surface area contributed by atoms with E-state index in [0.717, 1.165) is 25.1 Å². The van der Waals surface area contributed by atoms with Crippen LogP contribution in [0.1, 0.15) is 24.9 Å². The topological polar surface area (TPSA) is 96.2 Å². The molecule has 0 amide bonds. The summed E-state index contributed by atoms with van der Waals surface area (Å²) in [5, 5.41) is 7.47. The fraction of sp³-hybridized carbons (Fsp3) is 0.421. The van der Waals surface area contributed by atoms with Crippen molar-refractivity contribution in [3.05, 3.63) is 40.8 Å². The van der Waals surface area contributed by atoms with Gasteiger partial charge in [0.05, 0.1) is 15.2 Å². The zero-order chi connectivity index (χ0) is 25.5. The van der Waals surface area contributed by atoms with E-state index in [0.29, 0.717) is 6.07 Å². The van der Waals surface area contributed by atoms with Gasteiger partial charge >= 0.3 is 12.4 Å². The number of hydrogen-bond donors (Lipinski definition) is 0. The fourth-order valence-electron chi connectivity index (χ4n) is 3.22. The Morgan fingerprint density at radius 1 is 1.21 bits per heavy atom. The minimum atomic E-state index is -4.84. The first-order chi connectivity index (χ1) is 15.6. The molecule has 3 rings (SSSR count). The first-order valence-corrected chi connectivity index (χ1v) is 11.4. The van der Waals surface area contributed by atoms with Crippen molar-refractivity contribution >= 4 is 27.3 Å². The first kappa shape index (κ1) is 25.8. The van der Waals surface area contributed by atoms with Crippen LogP contribution in [0.25, 0.3) is 0 Å². The van der Waals surface area contributed by atoms with Crippen LogP contribution in [0.15, 0.2) is 29.2 Å². The molecule has 1 aromatic heterocycles. The number of nitriles is 1. The number of aromatic nitrogens is 2. The number of alkyl halides is 6. The van der Waals surface area contributed by atoms with E-state index >= 15 is 0 Å². The minimum absolute atomic E-state index is 0.00919. The average Bonchev–Trinajstić information content (AvgIpc) is 3.23.